The molecular weight excluding hydrogens is 600 g/mol. The van der Waals surface area contributed by atoms with Gasteiger partial charge in [0, 0.05) is 61.2 Å². The van der Waals surface area contributed by atoms with Gasteiger partial charge in [0.05, 0.1) is 13.2 Å². The molecule has 2 aliphatic rings. The van der Waals surface area contributed by atoms with Crippen LogP contribution in [0.2, 0.25) is 0 Å². The average Bonchev–Trinajstić information content (AvgIpc) is 3.44. The predicted octanol–water partition coefficient (Wildman–Crippen LogP) is 5.13. The number of likely N-dealkylation sites (N-methyl/N-ethyl adjacent to an activating group) is 2. The van der Waals surface area contributed by atoms with Gasteiger partial charge in [-0.3, -0.25) is 4.79 Å². The molecule has 1 aliphatic carbocycles. The van der Waals surface area contributed by atoms with Gasteiger partial charge in [0.2, 0.25) is 10.0 Å². The molecule has 1 amide bonds. The number of pyridine rings is 1. The van der Waals surface area contributed by atoms with Gasteiger partial charge in [-0.1, -0.05) is 36.4 Å². The van der Waals surface area contributed by atoms with Crippen LogP contribution in [-0.4, -0.2) is 83.3 Å². The van der Waals surface area contributed by atoms with Gasteiger partial charge in [0.25, 0.3) is 5.91 Å². The Morgan fingerprint density at radius 1 is 1.17 bits per heavy atom. The molecule has 1 unspecified atom stereocenters. The number of allylic oxidation sites excluding steroid dienone is 3. The van der Waals surface area contributed by atoms with Crippen molar-refractivity contribution in [2.75, 3.05) is 34.3 Å². The van der Waals surface area contributed by atoms with E-state index in [0.717, 1.165) is 42.0 Å². The van der Waals surface area contributed by atoms with Crippen molar-refractivity contribution < 1.29 is 23.1 Å². The van der Waals surface area contributed by atoms with Gasteiger partial charge in [-0.15, -0.1) is 0 Å². The van der Waals surface area contributed by atoms with Crippen LogP contribution in [0, 0.1) is 0 Å². The molecule has 0 radical (unpaired) electrons. The minimum Gasteiger partial charge on any atom is -0.496 e. The summed E-state index contributed by atoms with van der Waals surface area (Å²) in [4.78, 5) is 21.1. The van der Waals surface area contributed by atoms with Gasteiger partial charge >= 0.3 is 0 Å². The summed E-state index contributed by atoms with van der Waals surface area (Å²) in [6.07, 6.45) is 9.59. The number of hydrogen-bond acceptors (Lipinski definition) is 7. The highest BCUT2D eigenvalue weighted by Gasteiger charge is 2.41. The van der Waals surface area contributed by atoms with E-state index in [1.165, 1.54) is 20.0 Å². The second kappa shape index (κ2) is 12.2. The zero-order valence-corrected chi connectivity index (χ0v) is 27.7. The van der Waals surface area contributed by atoms with Gasteiger partial charge in [0.1, 0.15) is 10.5 Å². The normalized spacial score (nSPS) is 19.0. The molecule has 9 nitrogen and oxygen atoms in total. The molecular formula is C36H40N4O5S. The van der Waals surface area contributed by atoms with E-state index in [1.807, 2.05) is 42.5 Å². The zero-order chi connectivity index (χ0) is 32.8. The van der Waals surface area contributed by atoms with Gasteiger partial charge < -0.3 is 19.6 Å². The quantitative estimate of drug-likeness (QED) is 0.285. The summed E-state index contributed by atoms with van der Waals surface area (Å²) >= 11 is 0. The van der Waals surface area contributed by atoms with E-state index in [1.54, 1.807) is 58.6 Å². The SMILES string of the molecule is COc1cc(C2=C[C@@](C)(S(=O)(=O)n3cc(-c4ccc(C(=O)N(C)CC(C)O)cc4)c4cccnc43)CC=C2)cc2c1CN(C)CC2. The largest absolute Gasteiger partial charge is 0.496 e. The molecule has 0 fully saturated rings. The summed E-state index contributed by atoms with van der Waals surface area (Å²) in [7, 11) is 1.43. The maximum atomic E-state index is 14.6. The maximum absolute atomic E-state index is 14.6. The van der Waals surface area contributed by atoms with E-state index in [4.69, 9.17) is 4.74 Å². The van der Waals surface area contributed by atoms with Crippen molar-refractivity contribution in [3.63, 3.8) is 0 Å². The molecule has 1 aliphatic heterocycles. The Bertz CT molecular complexity index is 1960. The van der Waals surface area contributed by atoms with Gasteiger partial charge in [-0.2, -0.15) is 0 Å². The maximum Gasteiger partial charge on any atom is 0.253 e. The number of aliphatic hydroxyl groups is 1. The summed E-state index contributed by atoms with van der Waals surface area (Å²) < 4.78 is 35.0. The number of rotatable bonds is 8. The molecule has 46 heavy (non-hydrogen) atoms. The molecule has 2 atom stereocenters. The minimum atomic E-state index is -4.00. The molecule has 3 heterocycles. The summed E-state index contributed by atoms with van der Waals surface area (Å²) in [6, 6.07) is 14.9. The molecule has 4 aromatic rings. The molecule has 0 bridgehead atoms. The third kappa shape index (κ3) is 5.65. The lowest BCUT2D eigenvalue weighted by Gasteiger charge is -2.30. The first-order chi connectivity index (χ1) is 21.9. The number of aliphatic hydroxyl groups excluding tert-OH is 1. The van der Waals surface area contributed by atoms with Crippen LogP contribution in [0.1, 0.15) is 47.3 Å². The minimum absolute atomic E-state index is 0.205. The van der Waals surface area contributed by atoms with Crippen molar-refractivity contribution >= 4 is 32.5 Å². The van der Waals surface area contributed by atoms with Crippen LogP contribution >= 0.6 is 0 Å². The number of fused-ring (bicyclic) bond motifs is 2. The lowest BCUT2D eigenvalue weighted by molar-refractivity contribution is 0.0703. The van der Waals surface area contributed by atoms with Crippen molar-refractivity contribution in [1.29, 1.82) is 0 Å². The second-order valence-electron chi connectivity index (χ2n) is 12.7. The second-order valence-corrected chi connectivity index (χ2v) is 14.9. The summed E-state index contributed by atoms with van der Waals surface area (Å²) in [5.41, 5.74) is 6.46. The summed E-state index contributed by atoms with van der Waals surface area (Å²) in [6.45, 7) is 5.38. The van der Waals surface area contributed by atoms with Gasteiger partial charge in [-0.25, -0.2) is 17.4 Å². The van der Waals surface area contributed by atoms with E-state index in [2.05, 4.69) is 23.0 Å². The lowest BCUT2D eigenvalue weighted by atomic mass is 9.89. The monoisotopic (exact) mass is 640 g/mol. The van der Waals surface area contributed by atoms with Gasteiger partial charge in [-0.05, 0) is 86.3 Å². The van der Waals surface area contributed by atoms with Crippen molar-refractivity contribution in [3.8, 4) is 16.9 Å². The molecule has 240 valence electrons. The Morgan fingerprint density at radius 3 is 2.65 bits per heavy atom. The van der Waals surface area contributed by atoms with Crippen LogP contribution in [0.25, 0.3) is 27.7 Å². The fourth-order valence-electron chi connectivity index (χ4n) is 6.49. The van der Waals surface area contributed by atoms with Crippen LogP contribution in [0.3, 0.4) is 0 Å². The summed E-state index contributed by atoms with van der Waals surface area (Å²) in [5.74, 6) is 0.611. The van der Waals surface area contributed by atoms with Crippen molar-refractivity contribution in [2.45, 2.75) is 44.1 Å². The van der Waals surface area contributed by atoms with E-state index < -0.39 is 20.9 Å². The van der Waals surface area contributed by atoms with Crippen LogP contribution in [0.15, 0.2) is 79.2 Å². The first-order valence-electron chi connectivity index (χ1n) is 15.4. The third-order valence-electron chi connectivity index (χ3n) is 9.03. The standard InChI is InChI=1S/C36H40N4O5S/c1-24(41)21-39(4)35(42)26-12-10-25(11-13-26)31-23-40(34-30(31)9-7-16-37-34)46(43,44)36(2)15-6-8-28(20-36)29-18-27-14-17-38(3)22-32(27)33(19-29)45-5/h6-13,16,18-20,23-24,41H,14-15,17,21-22H2,1-5H3/t24?,36-/m0/s1. The third-order valence-corrected chi connectivity index (χ3v) is 11.3. The highest BCUT2D eigenvalue weighted by atomic mass is 32.2. The summed E-state index contributed by atoms with van der Waals surface area (Å²) in [5, 5.41) is 10.4. The number of amides is 1. The Labute approximate surface area is 270 Å². The fraction of sp³-hybridized carbons (Fsp3) is 0.333. The Morgan fingerprint density at radius 2 is 1.93 bits per heavy atom. The number of hydrogen-bond donors (Lipinski definition) is 1. The zero-order valence-electron chi connectivity index (χ0n) is 26.9. The van der Waals surface area contributed by atoms with E-state index in [0.29, 0.717) is 28.6 Å². The first-order valence-corrected chi connectivity index (χ1v) is 16.9. The molecule has 1 N–H and O–H groups in total. The number of carbonyl (C=O) groups is 1. The molecule has 0 saturated carbocycles. The Balaban J connectivity index is 1.38. The molecule has 6 rings (SSSR count). The van der Waals surface area contributed by atoms with Crippen molar-refractivity contribution in [1.82, 2.24) is 18.8 Å². The van der Waals surface area contributed by atoms with E-state index in [-0.39, 0.29) is 12.5 Å². The highest BCUT2D eigenvalue weighted by molar-refractivity contribution is 7.91. The topological polar surface area (TPSA) is 105 Å². The van der Waals surface area contributed by atoms with Crippen LogP contribution in [0.5, 0.6) is 5.75 Å². The Kier molecular flexibility index (Phi) is 8.39. The molecule has 0 spiro atoms. The number of carbonyl (C=O) groups excluding carboxylic acids is 1. The number of methoxy groups -OCH3 is 1. The molecule has 2 aromatic heterocycles. The Hall–Kier alpha value is -4.25. The fourth-order valence-corrected chi connectivity index (χ4v) is 8.14. The lowest BCUT2D eigenvalue weighted by Crippen LogP contribution is -2.38. The number of nitrogens with zero attached hydrogens (tertiary/aromatic N) is 4. The number of ether oxygens (including phenoxy) is 1. The number of benzene rings is 2. The average molecular weight is 641 g/mol. The number of aromatic nitrogens is 2. The van der Waals surface area contributed by atoms with E-state index in [9.17, 15) is 18.3 Å². The van der Waals surface area contributed by atoms with E-state index >= 15 is 0 Å². The van der Waals surface area contributed by atoms with Crippen LogP contribution in [-0.2, 0) is 23.0 Å². The smallest absolute Gasteiger partial charge is 0.253 e. The van der Waals surface area contributed by atoms with Crippen molar-refractivity contribution in [2.24, 2.45) is 0 Å². The molecule has 2 aromatic carbocycles. The van der Waals surface area contributed by atoms with Crippen LogP contribution in [0.4, 0.5) is 0 Å². The predicted molar refractivity (Wildman–Crippen MR) is 181 cm³/mol. The molecule has 10 heteroatoms. The van der Waals surface area contributed by atoms with Gasteiger partial charge in [0.15, 0.2) is 5.65 Å². The first kappa shape index (κ1) is 31.7. The van der Waals surface area contributed by atoms with Crippen LogP contribution < -0.4 is 4.74 Å². The van der Waals surface area contributed by atoms with Crippen molar-refractivity contribution in [3.05, 3.63) is 101 Å². The highest BCUT2D eigenvalue weighted by Crippen LogP contribution is 2.40. The molecule has 0 saturated heterocycles.